The molecule has 0 spiro atoms. The Morgan fingerprint density at radius 1 is 0.903 bits per heavy atom. The average Bonchev–Trinajstić information content (AvgIpc) is 2.79. The summed E-state index contributed by atoms with van der Waals surface area (Å²) >= 11 is 0. The fourth-order valence-electron chi connectivity index (χ4n) is 5.65. The average molecular weight is 427 g/mol. The van der Waals surface area contributed by atoms with E-state index in [-0.39, 0.29) is 0 Å². The molecule has 2 saturated carbocycles. The van der Waals surface area contributed by atoms with E-state index in [1.54, 1.807) is 0 Å². The topological polar surface area (TPSA) is 63.6 Å². The van der Waals surface area contributed by atoms with Gasteiger partial charge in [-0.05, 0) is 79.9 Å². The number of carbonyl (C=O) groups excluding carboxylic acids is 1. The fraction of sp³-hybridized carbons (Fsp3) is 0.630. The smallest absolute Gasteiger partial charge is 0.336 e. The number of esters is 1. The third-order valence-electron chi connectivity index (χ3n) is 7.48. The summed E-state index contributed by atoms with van der Waals surface area (Å²) in [5, 5.41) is 8.57. The van der Waals surface area contributed by atoms with Crippen LogP contribution in [-0.4, -0.2) is 17.0 Å². The zero-order chi connectivity index (χ0) is 22.1. The van der Waals surface area contributed by atoms with E-state index in [0.717, 1.165) is 29.9 Å². The molecule has 0 amide bonds. The summed E-state index contributed by atoms with van der Waals surface area (Å²) in [6.07, 6.45) is 18.3. The zero-order valence-electron chi connectivity index (χ0n) is 18.9. The molecule has 0 aromatic heterocycles. The highest BCUT2D eigenvalue weighted by molar-refractivity contribution is 5.91. The van der Waals surface area contributed by atoms with E-state index in [1.807, 2.05) is 12.1 Å². The van der Waals surface area contributed by atoms with E-state index in [1.165, 1.54) is 82.6 Å². The molecule has 3 rings (SSSR count). The molecule has 4 heteroatoms. The maximum Gasteiger partial charge on any atom is 0.336 e. The Kier molecular flexibility index (Phi) is 9.17. The van der Waals surface area contributed by atoms with Gasteiger partial charge in [-0.3, -0.25) is 0 Å². The Morgan fingerprint density at radius 2 is 1.52 bits per heavy atom. The molecule has 2 aliphatic carbocycles. The summed E-state index contributed by atoms with van der Waals surface area (Å²) in [7, 11) is 0. The van der Waals surface area contributed by atoms with Gasteiger partial charge in [0.25, 0.3) is 0 Å². The highest BCUT2D eigenvalue weighted by atomic mass is 16.5. The quantitative estimate of drug-likeness (QED) is 0.202. The number of hydrogen-bond donors (Lipinski definition) is 1. The molecule has 4 nitrogen and oxygen atoms in total. The summed E-state index contributed by atoms with van der Waals surface area (Å²) in [5.41, 5.74) is 1.32. The summed E-state index contributed by atoms with van der Waals surface area (Å²) in [4.78, 5) is 22.1. The second kappa shape index (κ2) is 12.1. The lowest BCUT2D eigenvalue weighted by molar-refractivity contribution is -0.133. The van der Waals surface area contributed by atoms with Crippen molar-refractivity contribution in [1.29, 1.82) is 0 Å². The Labute approximate surface area is 187 Å². The van der Waals surface area contributed by atoms with Gasteiger partial charge < -0.3 is 9.84 Å². The number of carboxylic acid groups (broad SMARTS) is 1. The third kappa shape index (κ3) is 7.52. The summed E-state index contributed by atoms with van der Waals surface area (Å²) in [6, 6.07) is 7.73. The Hall–Kier alpha value is -2.10. The van der Waals surface area contributed by atoms with Crippen molar-refractivity contribution in [3.05, 3.63) is 42.0 Å². The number of benzene rings is 1. The molecule has 0 unspecified atom stereocenters. The van der Waals surface area contributed by atoms with E-state index < -0.39 is 11.9 Å². The predicted molar refractivity (Wildman–Crippen MR) is 123 cm³/mol. The second-order valence-corrected chi connectivity index (χ2v) is 9.55. The van der Waals surface area contributed by atoms with E-state index in [2.05, 4.69) is 19.1 Å². The van der Waals surface area contributed by atoms with Gasteiger partial charge in [0.05, 0.1) is 0 Å². The SMILES string of the molecule is CCCCCC1CCC(C2CCC(c3ccc(OC(=O)C=CC(=O)O)cc3)CC2)CC1. The van der Waals surface area contributed by atoms with Crippen LogP contribution in [0.3, 0.4) is 0 Å². The molecule has 170 valence electrons. The molecule has 31 heavy (non-hydrogen) atoms. The van der Waals surface area contributed by atoms with Crippen molar-refractivity contribution in [3.8, 4) is 5.75 Å². The van der Waals surface area contributed by atoms with Crippen LogP contribution in [0.25, 0.3) is 0 Å². The molecule has 0 aliphatic heterocycles. The van der Waals surface area contributed by atoms with Crippen molar-refractivity contribution in [1.82, 2.24) is 0 Å². The van der Waals surface area contributed by atoms with Crippen LogP contribution < -0.4 is 4.74 Å². The van der Waals surface area contributed by atoms with Crippen LogP contribution in [0.5, 0.6) is 5.75 Å². The van der Waals surface area contributed by atoms with Gasteiger partial charge in [0, 0.05) is 12.2 Å². The van der Waals surface area contributed by atoms with Gasteiger partial charge in [-0.25, -0.2) is 9.59 Å². The molecular weight excluding hydrogens is 388 g/mol. The van der Waals surface area contributed by atoms with Gasteiger partial charge in [0.2, 0.25) is 0 Å². The third-order valence-corrected chi connectivity index (χ3v) is 7.48. The minimum Gasteiger partial charge on any atom is -0.478 e. The number of ether oxygens (including phenoxy) is 1. The molecule has 2 fully saturated rings. The normalized spacial score (nSPS) is 26.6. The standard InChI is InChI=1S/C27H38O4/c1-2-3-4-5-20-6-8-21(9-7-20)22-10-12-23(13-11-22)24-14-16-25(17-15-24)31-27(30)19-18-26(28)29/h14-23H,2-13H2,1H3,(H,28,29). The number of carboxylic acids is 1. The maximum absolute atomic E-state index is 11.6. The van der Waals surface area contributed by atoms with Crippen LogP contribution in [-0.2, 0) is 9.59 Å². The number of carbonyl (C=O) groups is 2. The number of unbranched alkanes of at least 4 members (excludes halogenated alkanes) is 2. The van der Waals surface area contributed by atoms with Crippen LogP contribution in [0.2, 0.25) is 0 Å². The van der Waals surface area contributed by atoms with Crippen LogP contribution in [0, 0.1) is 17.8 Å². The van der Waals surface area contributed by atoms with E-state index in [0.29, 0.717) is 11.7 Å². The molecule has 0 atom stereocenters. The van der Waals surface area contributed by atoms with Gasteiger partial charge in [0.15, 0.2) is 0 Å². The largest absolute Gasteiger partial charge is 0.478 e. The van der Waals surface area contributed by atoms with Gasteiger partial charge in [-0.15, -0.1) is 0 Å². The minimum absolute atomic E-state index is 0.452. The van der Waals surface area contributed by atoms with Gasteiger partial charge in [-0.2, -0.15) is 0 Å². The number of aliphatic carboxylic acids is 1. The summed E-state index contributed by atoms with van der Waals surface area (Å²) in [6.45, 7) is 2.29. The molecule has 1 N–H and O–H groups in total. The Bertz CT molecular complexity index is 720. The van der Waals surface area contributed by atoms with E-state index >= 15 is 0 Å². The van der Waals surface area contributed by atoms with E-state index in [4.69, 9.17) is 9.84 Å². The predicted octanol–water partition coefficient (Wildman–Crippen LogP) is 6.89. The first-order chi connectivity index (χ1) is 15.0. The molecule has 1 aromatic carbocycles. The highest BCUT2D eigenvalue weighted by Gasteiger charge is 2.31. The molecule has 0 radical (unpaired) electrons. The van der Waals surface area contributed by atoms with Crippen molar-refractivity contribution in [2.45, 2.75) is 89.9 Å². The molecule has 0 saturated heterocycles. The molecular formula is C27H38O4. The van der Waals surface area contributed by atoms with Crippen LogP contribution in [0.4, 0.5) is 0 Å². The number of hydrogen-bond acceptors (Lipinski definition) is 3. The monoisotopic (exact) mass is 426 g/mol. The van der Waals surface area contributed by atoms with Crippen molar-refractivity contribution in [2.75, 3.05) is 0 Å². The van der Waals surface area contributed by atoms with Crippen LogP contribution in [0.1, 0.15) is 95.5 Å². The van der Waals surface area contributed by atoms with Gasteiger partial charge >= 0.3 is 11.9 Å². The first-order valence-corrected chi connectivity index (χ1v) is 12.3. The van der Waals surface area contributed by atoms with Crippen molar-refractivity contribution < 1.29 is 19.4 Å². The van der Waals surface area contributed by atoms with Crippen LogP contribution >= 0.6 is 0 Å². The molecule has 0 bridgehead atoms. The Morgan fingerprint density at radius 3 is 2.10 bits per heavy atom. The zero-order valence-corrected chi connectivity index (χ0v) is 18.9. The number of rotatable bonds is 9. The fourth-order valence-corrected chi connectivity index (χ4v) is 5.65. The Balaban J connectivity index is 1.41. The lowest BCUT2D eigenvalue weighted by atomic mass is 9.68. The first kappa shape index (κ1) is 23.6. The lowest BCUT2D eigenvalue weighted by Gasteiger charge is -2.38. The summed E-state index contributed by atoms with van der Waals surface area (Å²) in [5.74, 6) is 2.06. The van der Waals surface area contributed by atoms with Gasteiger partial charge in [-0.1, -0.05) is 57.6 Å². The first-order valence-electron chi connectivity index (χ1n) is 12.3. The molecule has 1 aromatic rings. The lowest BCUT2D eigenvalue weighted by Crippen LogP contribution is -2.25. The second-order valence-electron chi connectivity index (χ2n) is 9.55. The minimum atomic E-state index is -1.16. The molecule has 0 heterocycles. The van der Waals surface area contributed by atoms with Crippen molar-refractivity contribution in [3.63, 3.8) is 0 Å². The van der Waals surface area contributed by atoms with Crippen molar-refractivity contribution >= 4 is 11.9 Å². The van der Waals surface area contributed by atoms with Crippen molar-refractivity contribution in [2.24, 2.45) is 17.8 Å². The molecule has 2 aliphatic rings. The highest BCUT2D eigenvalue weighted by Crippen LogP contribution is 2.44. The van der Waals surface area contributed by atoms with E-state index in [9.17, 15) is 9.59 Å². The van der Waals surface area contributed by atoms with Crippen LogP contribution in [0.15, 0.2) is 36.4 Å². The summed E-state index contributed by atoms with van der Waals surface area (Å²) < 4.78 is 5.15. The maximum atomic E-state index is 11.6. The van der Waals surface area contributed by atoms with Gasteiger partial charge in [0.1, 0.15) is 5.75 Å².